The van der Waals surface area contributed by atoms with Crippen molar-refractivity contribution in [1.82, 2.24) is 0 Å². The lowest BCUT2D eigenvalue weighted by Crippen LogP contribution is -2.32. The molecule has 0 aliphatic carbocycles. The lowest BCUT2D eigenvalue weighted by atomic mass is 9.79. The van der Waals surface area contributed by atoms with E-state index in [2.05, 4.69) is 55.8 Å². The standard InChI is InChI=1S/C28H18ClF5O2.C22H17ClF2O2.C21H17ClF2.C15H16BFO2.C6H3BrClF.C6H3F3O.C4H8O.CH2Cl2/c1-2-3-15-4-6-16(7-5-15)17-8-9-20(22(30)11-17)18-10-21(29)26(23(31)12-18)28(35)36-19-13-24(32)27(34)25(33)14-19;1-2-3-13-4-6-14(7-5-13)15-8-9-17(19(24)11-15)16-10-18(23)21(22(26)27)20(25)12-16;1-2-3-14-4-6-15(7-5-14)16-8-9-20(21(24)12-16)17-10-18(22)13-19(23)11-17;1-2-3-11-4-6-12(7-5-11)13-8-9-14(16(18)19)15(17)10-13;7-4-1-5(8)3-6(9)2-4;7-4-1-3(10)2-5(8)6(4)9;1-2-4-5-3-1;2-1-3/h4-14H,2-3H2,1H3;4-12H,2-3H2,1H3,(H,26,27);4-13H,2-3H2,1H3;4-10,18-19H,2-3H2,1H3;1-3H;1-2,10H;1-4H2;1H2. The number of rotatable bonds is 19. The molecule has 0 radical (unpaired) electrons. The van der Waals surface area contributed by atoms with Crippen LogP contribution in [0.15, 0.2) is 259 Å². The minimum atomic E-state index is -1.78. The number of aryl methyl sites for hydroxylation is 4. The Morgan fingerprint density at radius 2 is 0.669 bits per heavy atom. The first-order valence-electron chi connectivity index (χ1n) is 41.1. The number of carbonyl (C=O) groups is 2. The van der Waals surface area contributed by atoms with Crippen LogP contribution in [0.1, 0.15) is 109 Å². The van der Waals surface area contributed by atoms with Gasteiger partial charge in [0.2, 0.25) is 0 Å². The van der Waals surface area contributed by atoms with Crippen molar-refractivity contribution in [2.24, 2.45) is 0 Å². The van der Waals surface area contributed by atoms with Gasteiger partial charge in [-0.25, -0.2) is 71.1 Å². The van der Waals surface area contributed by atoms with Crippen molar-refractivity contribution in [2.75, 3.05) is 18.6 Å². The van der Waals surface area contributed by atoms with Crippen molar-refractivity contribution in [2.45, 2.75) is 91.9 Å². The van der Waals surface area contributed by atoms with Crippen LogP contribution in [0.4, 0.5) is 61.5 Å². The molecule has 8 nitrogen and oxygen atoms in total. The number of aromatic hydroxyl groups is 1. The van der Waals surface area contributed by atoms with Crippen molar-refractivity contribution >= 4 is 110 Å². The Hall–Kier alpha value is -11.0. The maximum atomic E-state index is 15.0. The van der Waals surface area contributed by atoms with E-state index in [0.29, 0.717) is 56.0 Å². The molecule has 1 aliphatic rings. The Kier molecular flexibility index (Phi) is 42.9. The lowest BCUT2D eigenvalue weighted by Gasteiger charge is -2.11. The zero-order valence-electron chi connectivity index (χ0n) is 71.4. The van der Waals surface area contributed by atoms with Gasteiger partial charge in [-0.3, -0.25) is 0 Å². The molecule has 4 N–H and O–H groups in total. The van der Waals surface area contributed by atoms with Gasteiger partial charge in [0.25, 0.3) is 0 Å². The van der Waals surface area contributed by atoms with E-state index in [4.69, 9.17) is 99.3 Å². The molecule has 14 aromatic carbocycles. The summed E-state index contributed by atoms with van der Waals surface area (Å²) in [5, 5.41) is 35.6. The average Bonchev–Trinajstić information content (AvgIpc) is 1.13. The van der Waals surface area contributed by atoms with E-state index in [1.165, 1.54) is 114 Å². The van der Waals surface area contributed by atoms with Crippen LogP contribution in [0.2, 0.25) is 20.1 Å². The van der Waals surface area contributed by atoms with Gasteiger partial charge < -0.3 is 29.7 Å². The number of aromatic carboxylic acids is 1. The van der Waals surface area contributed by atoms with Gasteiger partial charge in [0.05, 0.1) is 15.4 Å². The zero-order valence-corrected chi connectivity index (χ0v) is 77.5. The fourth-order valence-corrected chi connectivity index (χ4v) is 14.8. The van der Waals surface area contributed by atoms with E-state index in [0.717, 1.165) is 110 Å². The minimum Gasteiger partial charge on any atom is -0.508 e. The van der Waals surface area contributed by atoms with Crippen molar-refractivity contribution in [1.29, 1.82) is 0 Å². The second kappa shape index (κ2) is 53.2. The highest BCUT2D eigenvalue weighted by atomic mass is 79.9. The van der Waals surface area contributed by atoms with Crippen molar-refractivity contribution in [3.63, 3.8) is 0 Å². The van der Waals surface area contributed by atoms with Crippen molar-refractivity contribution in [3.05, 3.63) is 394 Å². The normalized spacial score (nSPS) is 11.1. The zero-order chi connectivity index (χ0) is 97.3. The number of halogens is 21. The highest BCUT2D eigenvalue weighted by molar-refractivity contribution is 9.10. The average molecular weight is 2020 g/mol. The monoisotopic (exact) mass is 2010 g/mol. The number of phenolic OH excluding ortho intramolecular Hbond substituents is 1. The van der Waals surface area contributed by atoms with Gasteiger partial charge in [-0.1, -0.05) is 261 Å². The first-order chi connectivity index (χ1) is 63.5. The van der Waals surface area contributed by atoms with Gasteiger partial charge in [0, 0.05) is 74.2 Å². The predicted molar refractivity (Wildman–Crippen MR) is 506 cm³/mol. The Bertz CT molecular complexity index is 6100. The molecule has 1 heterocycles. The molecular weight excluding hydrogens is 1930 g/mol. The maximum Gasteiger partial charge on any atom is 0.491 e. The highest BCUT2D eigenvalue weighted by Crippen LogP contribution is 2.38. The van der Waals surface area contributed by atoms with E-state index in [-0.39, 0.29) is 48.9 Å². The molecule has 0 unspecified atom stereocenters. The lowest BCUT2D eigenvalue weighted by molar-refractivity contribution is 0.0689. The van der Waals surface area contributed by atoms with Gasteiger partial charge in [-0.15, -0.1) is 23.2 Å². The Labute approximate surface area is 799 Å². The first-order valence-corrected chi connectivity index (χ1v) is 44.5. The third-order valence-electron chi connectivity index (χ3n) is 19.6. The van der Waals surface area contributed by atoms with Crippen molar-refractivity contribution in [3.8, 4) is 89.4 Å². The predicted octanol–water partition coefficient (Wildman–Crippen LogP) is 31.4. The van der Waals surface area contributed by atoms with Crippen LogP contribution in [0.25, 0.3) is 77.9 Å². The van der Waals surface area contributed by atoms with Gasteiger partial charge in [-0.2, -0.15) is 0 Å². The third-order valence-corrected chi connectivity index (χ3v) is 21.1. The molecule has 0 spiro atoms. The van der Waals surface area contributed by atoms with Crippen LogP contribution in [-0.2, 0) is 30.4 Å². The fraction of sp³-hybridized carbons (Fsp3) is 0.165. The number of esters is 1. The number of phenols is 1. The van der Waals surface area contributed by atoms with E-state index >= 15 is 0 Å². The molecule has 15 rings (SSSR count). The summed E-state index contributed by atoms with van der Waals surface area (Å²) in [6.45, 7) is 10.5. The molecule has 30 heteroatoms. The molecule has 0 atom stereocenters. The SMILES string of the molecule is C1CCOC1.CCCc1ccc(-c2ccc(-c3cc(F)c(C(=O)O)c(Cl)c3)c(F)c2)cc1.CCCc1ccc(-c2ccc(-c3cc(F)c(C(=O)Oc4cc(F)c(F)c(F)c4)c(Cl)c3)c(F)c2)cc1.CCCc1ccc(-c2ccc(-c3cc(F)cc(Cl)c3)c(F)c2)cc1.CCCc1ccc(-c2ccc(B(O)O)c(F)c2)cc1.ClCCl.Fc1cc(Cl)cc(Br)c1.Oc1cc(F)c(F)c(F)c1. The molecule has 0 aromatic heterocycles. The van der Waals surface area contributed by atoms with Crippen LogP contribution in [0.3, 0.4) is 0 Å². The second-order valence-electron chi connectivity index (χ2n) is 29.4. The number of carboxylic acid groups (broad SMARTS) is 1. The Morgan fingerprint density at radius 3 is 0.962 bits per heavy atom. The van der Waals surface area contributed by atoms with Crippen LogP contribution in [-0.4, -0.2) is 57.9 Å². The molecule has 14 aromatic rings. The van der Waals surface area contributed by atoms with Gasteiger partial charge in [-0.05, 0) is 207 Å². The highest BCUT2D eigenvalue weighted by Gasteiger charge is 2.25. The quantitative estimate of drug-likeness (QED) is 0.0157. The fourth-order valence-electron chi connectivity index (χ4n) is 13.2. The summed E-state index contributed by atoms with van der Waals surface area (Å²) in [4.78, 5) is 23.4. The Morgan fingerprint density at radius 1 is 0.361 bits per heavy atom. The first kappa shape index (κ1) is 107. The van der Waals surface area contributed by atoms with Crippen LogP contribution >= 0.6 is 85.5 Å². The smallest absolute Gasteiger partial charge is 0.491 e. The summed E-state index contributed by atoms with van der Waals surface area (Å²) in [5.41, 5.74) is 11.1. The van der Waals surface area contributed by atoms with E-state index in [9.17, 15) is 71.1 Å². The summed E-state index contributed by atoms with van der Waals surface area (Å²) < 4.78 is 199. The number of hydrogen-bond donors (Lipinski definition) is 4. The second-order valence-corrected chi connectivity index (χ2v) is 32.8. The molecule has 0 amide bonds. The largest absolute Gasteiger partial charge is 0.508 e. The summed E-state index contributed by atoms with van der Waals surface area (Å²) in [7, 11) is -1.78. The topological polar surface area (TPSA) is 134 Å². The summed E-state index contributed by atoms with van der Waals surface area (Å²) in [6.07, 6.45) is 10.8. The Balaban J connectivity index is 0.000000202. The molecule has 1 aliphatic heterocycles. The number of ether oxygens (including phenoxy) is 2. The number of hydrogen-bond acceptors (Lipinski definition) is 7. The van der Waals surface area contributed by atoms with E-state index in [1.54, 1.807) is 36.4 Å². The number of carbonyl (C=O) groups excluding carboxylic acids is 1. The van der Waals surface area contributed by atoms with Gasteiger partial charge >= 0.3 is 19.1 Å². The number of carboxylic acids is 1. The summed E-state index contributed by atoms with van der Waals surface area (Å²) in [6, 6.07) is 64.7. The third kappa shape index (κ3) is 32.4. The number of benzene rings is 14. The van der Waals surface area contributed by atoms with Crippen LogP contribution in [0.5, 0.6) is 11.5 Å². The molecular formula is C103H84BBrCl6F14O8. The minimum absolute atomic E-state index is 0.0461. The summed E-state index contributed by atoms with van der Waals surface area (Å²) >= 11 is 35.9. The molecule has 0 bridgehead atoms. The number of alkyl halides is 2. The van der Waals surface area contributed by atoms with E-state index in [1.807, 2.05) is 91.0 Å². The molecule has 0 saturated carbocycles. The molecule has 133 heavy (non-hydrogen) atoms. The molecule has 694 valence electrons. The van der Waals surface area contributed by atoms with Gasteiger partial charge in [0.15, 0.2) is 34.9 Å². The summed E-state index contributed by atoms with van der Waals surface area (Å²) in [5.74, 6) is -18.5. The maximum absolute atomic E-state index is 15.0. The van der Waals surface area contributed by atoms with Crippen LogP contribution in [0, 0.1) is 81.4 Å². The van der Waals surface area contributed by atoms with Crippen molar-refractivity contribution < 1.29 is 101 Å². The van der Waals surface area contributed by atoms with Gasteiger partial charge in [0.1, 0.15) is 69.2 Å². The molecule has 1 saturated heterocycles. The molecule has 1 fully saturated rings. The van der Waals surface area contributed by atoms with E-state index < -0.39 is 122 Å². The van der Waals surface area contributed by atoms with Crippen LogP contribution < -0.4 is 10.2 Å².